The van der Waals surface area contributed by atoms with Gasteiger partial charge in [0.25, 0.3) is 0 Å². The summed E-state index contributed by atoms with van der Waals surface area (Å²) in [6.07, 6.45) is 2.93. The monoisotopic (exact) mass is 181 g/mol. The van der Waals surface area contributed by atoms with Gasteiger partial charge in [-0.25, -0.2) is 0 Å². The maximum absolute atomic E-state index is 2.78. The fraction of sp³-hybridized carbons (Fsp3) is 1.00. The Bertz CT molecular complexity index is 202. The third kappa shape index (κ3) is 1.52. The van der Waals surface area contributed by atoms with Crippen LogP contribution in [-0.4, -0.2) is 22.5 Å². The first kappa shape index (κ1) is 9.51. The molecule has 1 heterocycles. The molecule has 2 unspecified atom stereocenters. The van der Waals surface area contributed by atoms with Crippen LogP contribution in [0.5, 0.6) is 0 Å². The summed E-state index contributed by atoms with van der Waals surface area (Å²) in [5.74, 6) is 1.87. The highest BCUT2D eigenvalue weighted by molar-refractivity contribution is 5.09. The van der Waals surface area contributed by atoms with Crippen molar-refractivity contribution >= 4 is 0 Å². The Morgan fingerprint density at radius 1 is 1.15 bits per heavy atom. The largest absolute Gasteiger partial charge is 0.292 e. The molecule has 13 heavy (non-hydrogen) atoms. The average Bonchev–Trinajstić information content (AvgIpc) is 2.58. The van der Waals surface area contributed by atoms with Crippen molar-refractivity contribution in [3.05, 3.63) is 0 Å². The molecule has 0 aromatic heterocycles. The minimum atomic E-state index is 0.380. The van der Waals surface area contributed by atoms with E-state index in [4.69, 9.17) is 0 Å². The number of fused-ring (bicyclic) bond motifs is 1. The van der Waals surface area contributed by atoms with Gasteiger partial charge < -0.3 is 0 Å². The molecule has 0 amide bonds. The van der Waals surface area contributed by atoms with E-state index in [0.29, 0.717) is 5.54 Å². The van der Waals surface area contributed by atoms with Gasteiger partial charge in [0.2, 0.25) is 0 Å². The lowest BCUT2D eigenvalue weighted by Crippen LogP contribution is -2.48. The molecule has 1 aliphatic heterocycles. The van der Waals surface area contributed by atoms with Crippen molar-refractivity contribution < 1.29 is 0 Å². The summed E-state index contributed by atoms with van der Waals surface area (Å²) in [4.78, 5) is 2.78. The van der Waals surface area contributed by atoms with Crippen molar-refractivity contribution in [2.75, 3.05) is 0 Å². The summed E-state index contributed by atoms with van der Waals surface area (Å²) in [7, 11) is 0. The fourth-order valence-corrected chi connectivity index (χ4v) is 3.08. The Morgan fingerprint density at radius 3 is 2.15 bits per heavy atom. The average molecular weight is 181 g/mol. The summed E-state index contributed by atoms with van der Waals surface area (Å²) in [6.45, 7) is 11.8. The number of likely N-dealkylation sites (tertiary alicyclic amines) is 1. The first-order valence-corrected chi connectivity index (χ1v) is 5.69. The quantitative estimate of drug-likeness (QED) is 0.601. The predicted octanol–water partition coefficient (Wildman–Crippen LogP) is 2.90. The standard InChI is InChI=1S/C12H23N/c1-8(2)10-6-9-7-11(9)13(10)12(3,4)5/h8-11H,6-7H2,1-5H3/t9-,10?,11?/m0/s1. The van der Waals surface area contributed by atoms with Crippen LogP contribution in [0, 0.1) is 11.8 Å². The zero-order valence-electron chi connectivity index (χ0n) is 9.67. The van der Waals surface area contributed by atoms with Crippen LogP contribution in [-0.2, 0) is 0 Å². The van der Waals surface area contributed by atoms with Crippen LogP contribution in [0.25, 0.3) is 0 Å². The molecule has 3 atom stereocenters. The minimum absolute atomic E-state index is 0.380. The topological polar surface area (TPSA) is 3.24 Å². The van der Waals surface area contributed by atoms with Gasteiger partial charge in [-0.1, -0.05) is 13.8 Å². The van der Waals surface area contributed by atoms with Gasteiger partial charge in [-0.3, -0.25) is 4.90 Å². The lowest BCUT2D eigenvalue weighted by molar-refractivity contribution is 0.0713. The second-order valence-electron chi connectivity index (χ2n) is 6.19. The molecule has 0 radical (unpaired) electrons. The van der Waals surface area contributed by atoms with Crippen LogP contribution in [0.4, 0.5) is 0 Å². The van der Waals surface area contributed by atoms with E-state index in [1.165, 1.54) is 12.8 Å². The summed E-state index contributed by atoms with van der Waals surface area (Å²) in [6, 6.07) is 1.79. The molecule has 1 saturated carbocycles. The van der Waals surface area contributed by atoms with Crippen LogP contribution in [0.2, 0.25) is 0 Å². The van der Waals surface area contributed by atoms with E-state index in [0.717, 1.165) is 23.9 Å². The molecule has 2 fully saturated rings. The van der Waals surface area contributed by atoms with E-state index < -0.39 is 0 Å². The van der Waals surface area contributed by atoms with E-state index in [9.17, 15) is 0 Å². The van der Waals surface area contributed by atoms with Crippen molar-refractivity contribution in [3.63, 3.8) is 0 Å². The number of hydrogen-bond acceptors (Lipinski definition) is 1. The minimum Gasteiger partial charge on any atom is -0.292 e. The Morgan fingerprint density at radius 2 is 1.77 bits per heavy atom. The zero-order chi connectivity index (χ0) is 9.80. The highest BCUT2D eigenvalue weighted by atomic mass is 15.3. The van der Waals surface area contributed by atoms with Crippen LogP contribution in [0.1, 0.15) is 47.5 Å². The SMILES string of the molecule is CC(C)C1C[C@H]2CC2N1C(C)(C)C. The number of nitrogens with zero attached hydrogens (tertiary/aromatic N) is 1. The summed E-state index contributed by atoms with van der Waals surface area (Å²) >= 11 is 0. The van der Waals surface area contributed by atoms with E-state index in [1.54, 1.807) is 0 Å². The molecule has 0 aromatic rings. The molecule has 2 rings (SSSR count). The van der Waals surface area contributed by atoms with Gasteiger partial charge in [-0.15, -0.1) is 0 Å². The first-order valence-electron chi connectivity index (χ1n) is 5.69. The zero-order valence-corrected chi connectivity index (χ0v) is 9.67. The smallest absolute Gasteiger partial charge is 0.0136 e. The number of piperidine rings is 1. The van der Waals surface area contributed by atoms with Gasteiger partial charge in [-0.05, 0) is 45.4 Å². The highest BCUT2D eigenvalue weighted by Crippen LogP contribution is 2.52. The van der Waals surface area contributed by atoms with Crippen molar-refractivity contribution in [2.24, 2.45) is 11.8 Å². The van der Waals surface area contributed by atoms with Gasteiger partial charge >= 0.3 is 0 Å². The molecule has 0 N–H and O–H groups in total. The molecule has 76 valence electrons. The molecule has 2 aliphatic rings. The molecule has 0 bridgehead atoms. The second kappa shape index (κ2) is 2.73. The molecule has 1 heteroatoms. The van der Waals surface area contributed by atoms with E-state index in [-0.39, 0.29) is 0 Å². The van der Waals surface area contributed by atoms with E-state index >= 15 is 0 Å². The van der Waals surface area contributed by atoms with Crippen LogP contribution in [0.3, 0.4) is 0 Å². The van der Waals surface area contributed by atoms with Crippen LogP contribution < -0.4 is 0 Å². The fourth-order valence-electron chi connectivity index (χ4n) is 3.08. The Hall–Kier alpha value is -0.0400. The van der Waals surface area contributed by atoms with E-state index in [2.05, 4.69) is 39.5 Å². The van der Waals surface area contributed by atoms with Gasteiger partial charge in [0, 0.05) is 17.6 Å². The second-order valence-corrected chi connectivity index (χ2v) is 6.19. The molecular formula is C12H23N. The van der Waals surface area contributed by atoms with Gasteiger partial charge in [-0.2, -0.15) is 0 Å². The van der Waals surface area contributed by atoms with Gasteiger partial charge in [0.05, 0.1) is 0 Å². The lowest BCUT2D eigenvalue weighted by atomic mass is 9.95. The van der Waals surface area contributed by atoms with Gasteiger partial charge in [0.15, 0.2) is 0 Å². The summed E-state index contributed by atoms with van der Waals surface area (Å²) in [5.41, 5.74) is 0.380. The predicted molar refractivity (Wildman–Crippen MR) is 56.7 cm³/mol. The Labute approximate surface area is 82.5 Å². The third-order valence-electron chi connectivity index (χ3n) is 3.69. The van der Waals surface area contributed by atoms with Crippen LogP contribution >= 0.6 is 0 Å². The summed E-state index contributed by atoms with van der Waals surface area (Å²) < 4.78 is 0. The first-order chi connectivity index (χ1) is 5.91. The van der Waals surface area contributed by atoms with Crippen molar-refractivity contribution in [2.45, 2.75) is 65.1 Å². The van der Waals surface area contributed by atoms with Crippen molar-refractivity contribution in [1.82, 2.24) is 4.90 Å². The maximum Gasteiger partial charge on any atom is 0.0136 e. The Kier molecular flexibility index (Phi) is 1.99. The molecule has 0 spiro atoms. The Balaban J connectivity index is 2.14. The third-order valence-corrected chi connectivity index (χ3v) is 3.69. The summed E-state index contributed by atoms with van der Waals surface area (Å²) in [5, 5.41) is 0. The normalized spacial score (nSPS) is 39.7. The molecule has 0 aromatic carbocycles. The lowest BCUT2D eigenvalue weighted by Gasteiger charge is -2.41. The van der Waals surface area contributed by atoms with E-state index in [1.807, 2.05) is 0 Å². The molecule has 1 saturated heterocycles. The molecular weight excluding hydrogens is 158 g/mol. The number of rotatable bonds is 1. The number of hydrogen-bond donors (Lipinski definition) is 0. The molecule has 1 aliphatic carbocycles. The van der Waals surface area contributed by atoms with Crippen molar-refractivity contribution in [3.8, 4) is 0 Å². The highest BCUT2D eigenvalue weighted by Gasteiger charge is 2.55. The van der Waals surface area contributed by atoms with Gasteiger partial charge in [0.1, 0.15) is 0 Å². The van der Waals surface area contributed by atoms with Crippen LogP contribution in [0.15, 0.2) is 0 Å². The van der Waals surface area contributed by atoms with Crippen molar-refractivity contribution in [1.29, 1.82) is 0 Å². The maximum atomic E-state index is 2.78. The molecule has 1 nitrogen and oxygen atoms in total.